The van der Waals surface area contributed by atoms with E-state index in [1.54, 1.807) is 6.07 Å². The van der Waals surface area contributed by atoms with E-state index >= 15 is 0 Å². The van der Waals surface area contributed by atoms with Crippen molar-refractivity contribution in [3.63, 3.8) is 0 Å². The highest BCUT2D eigenvalue weighted by molar-refractivity contribution is 5.96. The minimum absolute atomic E-state index is 0.246. The summed E-state index contributed by atoms with van der Waals surface area (Å²) in [5.74, 6) is -0.948. The number of hydrogen-bond donors (Lipinski definition) is 1. The molecule has 1 aliphatic heterocycles. The number of carboxylic acid groups (broad SMARTS) is 1. The van der Waals surface area contributed by atoms with E-state index in [4.69, 9.17) is 4.74 Å². The summed E-state index contributed by atoms with van der Waals surface area (Å²) in [6, 6.07) is 17.2. The number of hydrogen-bond acceptors (Lipinski definition) is 3. The van der Waals surface area contributed by atoms with Gasteiger partial charge < -0.3 is 14.7 Å². The Morgan fingerprint density at radius 3 is 2.62 bits per heavy atom. The monoisotopic (exact) mass is 353 g/mol. The third kappa shape index (κ3) is 4.70. The molecule has 26 heavy (non-hydrogen) atoms. The number of carbonyl (C=O) groups is 2. The van der Waals surface area contributed by atoms with Gasteiger partial charge in [-0.25, -0.2) is 0 Å². The summed E-state index contributed by atoms with van der Waals surface area (Å²) in [4.78, 5) is 25.5. The Balaban J connectivity index is 1.74. The maximum Gasteiger partial charge on any atom is 0.323 e. The fourth-order valence-corrected chi connectivity index (χ4v) is 3.23. The lowest BCUT2D eigenvalue weighted by atomic mass is 9.96. The van der Waals surface area contributed by atoms with E-state index in [0.717, 1.165) is 24.2 Å². The largest absolute Gasteiger partial charge is 0.480 e. The second-order valence-electron chi connectivity index (χ2n) is 6.54. The van der Waals surface area contributed by atoms with Crippen molar-refractivity contribution in [3.05, 3.63) is 71.3 Å². The minimum Gasteiger partial charge on any atom is -0.480 e. The molecule has 2 aromatic rings. The van der Waals surface area contributed by atoms with Crippen LogP contribution in [0.2, 0.25) is 0 Å². The van der Waals surface area contributed by atoms with E-state index in [2.05, 4.69) is 0 Å². The van der Waals surface area contributed by atoms with Crippen molar-refractivity contribution in [1.82, 2.24) is 4.90 Å². The molecule has 0 saturated carbocycles. The second kappa shape index (κ2) is 8.63. The van der Waals surface area contributed by atoms with Crippen LogP contribution in [0.5, 0.6) is 0 Å². The number of carbonyl (C=O) groups excluding carboxylic acids is 1. The van der Waals surface area contributed by atoms with Crippen molar-refractivity contribution >= 4 is 11.9 Å². The van der Waals surface area contributed by atoms with Gasteiger partial charge in [0.15, 0.2) is 0 Å². The molecule has 3 rings (SSSR count). The predicted octanol–water partition coefficient (Wildman–Crippen LogP) is 2.96. The van der Waals surface area contributed by atoms with Gasteiger partial charge in [0.2, 0.25) is 0 Å². The zero-order chi connectivity index (χ0) is 18.4. The molecule has 0 spiro atoms. The molecule has 1 fully saturated rings. The summed E-state index contributed by atoms with van der Waals surface area (Å²) in [5.41, 5.74) is 2.68. The van der Waals surface area contributed by atoms with Crippen LogP contribution in [0, 0.1) is 0 Å². The first kappa shape index (κ1) is 18.1. The third-order valence-electron chi connectivity index (χ3n) is 4.66. The molecule has 0 radical (unpaired) electrons. The van der Waals surface area contributed by atoms with Gasteiger partial charge in [-0.1, -0.05) is 42.5 Å². The van der Waals surface area contributed by atoms with Crippen LogP contribution in [-0.4, -0.2) is 48.2 Å². The Bertz CT molecular complexity index is 754. The number of aliphatic carboxylic acids is 1. The topological polar surface area (TPSA) is 66.8 Å². The molecule has 5 heteroatoms. The molecule has 1 N–H and O–H groups in total. The van der Waals surface area contributed by atoms with Gasteiger partial charge in [-0.3, -0.25) is 9.59 Å². The Hall–Kier alpha value is -2.66. The third-order valence-corrected chi connectivity index (χ3v) is 4.66. The molecule has 1 aliphatic rings. The molecule has 0 aromatic heterocycles. The van der Waals surface area contributed by atoms with Crippen LogP contribution in [-0.2, 0) is 16.0 Å². The molecular weight excluding hydrogens is 330 g/mol. The van der Waals surface area contributed by atoms with E-state index in [0.29, 0.717) is 31.1 Å². The summed E-state index contributed by atoms with van der Waals surface area (Å²) in [6.07, 6.45) is 1.57. The van der Waals surface area contributed by atoms with Crippen molar-refractivity contribution in [2.45, 2.75) is 18.8 Å². The fraction of sp³-hybridized carbons (Fsp3) is 0.333. The van der Waals surface area contributed by atoms with Crippen LogP contribution in [0.3, 0.4) is 0 Å². The SMILES string of the molecule is O=C(O)CN(CCc1ccccc1)C(=O)c1cccc(C2CCOC2)c1. The normalized spacial score (nSPS) is 16.4. The molecule has 0 bridgehead atoms. The van der Waals surface area contributed by atoms with Gasteiger partial charge in [0.25, 0.3) is 5.91 Å². The maximum absolute atomic E-state index is 12.9. The zero-order valence-corrected chi connectivity index (χ0v) is 14.6. The van der Waals surface area contributed by atoms with Gasteiger partial charge in [-0.05, 0) is 36.1 Å². The van der Waals surface area contributed by atoms with Crippen LogP contribution >= 0.6 is 0 Å². The van der Waals surface area contributed by atoms with E-state index in [-0.39, 0.29) is 12.5 Å². The average molecular weight is 353 g/mol. The highest BCUT2D eigenvalue weighted by Crippen LogP contribution is 2.26. The van der Waals surface area contributed by atoms with Crippen LogP contribution in [0.4, 0.5) is 0 Å². The van der Waals surface area contributed by atoms with Gasteiger partial charge in [0.1, 0.15) is 6.54 Å². The summed E-state index contributed by atoms with van der Waals surface area (Å²) in [6.45, 7) is 1.48. The molecule has 2 aromatic carbocycles. The van der Waals surface area contributed by atoms with E-state index < -0.39 is 5.97 Å². The lowest BCUT2D eigenvalue weighted by Crippen LogP contribution is -2.37. The van der Waals surface area contributed by atoms with Crippen molar-refractivity contribution in [2.24, 2.45) is 0 Å². The number of carboxylic acids is 1. The van der Waals surface area contributed by atoms with Gasteiger partial charge in [0, 0.05) is 24.6 Å². The molecule has 1 heterocycles. The van der Waals surface area contributed by atoms with Crippen LogP contribution in [0.25, 0.3) is 0 Å². The van der Waals surface area contributed by atoms with Crippen molar-refractivity contribution in [3.8, 4) is 0 Å². The lowest BCUT2D eigenvalue weighted by molar-refractivity contribution is -0.137. The average Bonchev–Trinajstić information content (AvgIpc) is 3.20. The number of amides is 1. The smallest absolute Gasteiger partial charge is 0.323 e. The maximum atomic E-state index is 12.9. The molecule has 1 amide bonds. The molecule has 1 atom stereocenters. The summed E-state index contributed by atoms with van der Waals surface area (Å²) < 4.78 is 5.43. The van der Waals surface area contributed by atoms with Crippen LogP contribution in [0.1, 0.15) is 33.8 Å². The molecular formula is C21H23NO4. The van der Waals surface area contributed by atoms with Crippen LogP contribution < -0.4 is 0 Å². The highest BCUT2D eigenvalue weighted by Gasteiger charge is 2.22. The Labute approximate surface area is 153 Å². The van der Waals surface area contributed by atoms with Crippen molar-refractivity contribution in [2.75, 3.05) is 26.3 Å². The lowest BCUT2D eigenvalue weighted by Gasteiger charge is -2.21. The highest BCUT2D eigenvalue weighted by atomic mass is 16.5. The molecule has 0 aliphatic carbocycles. The molecule has 1 unspecified atom stereocenters. The van der Waals surface area contributed by atoms with E-state index in [1.165, 1.54) is 4.90 Å². The summed E-state index contributed by atoms with van der Waals surface area (Å²) >= 11 is 0. The molecule has 136 valence electrons. The van der Waals surface area contributed by atoms with E-state index in [1.807, 2.05) is 48.5 Å². The van der Waals surface area contributed by atoms with Gasteiger partial charge in [-0.2, -0.15) is 0 Å². The second-order valence-corrected chi connectivity index (χ2v) is 6.54. The van der Waals surface area contributed by atoms with Gasteiger partial charge in [-0.15, -0.1) is 0 Å². The van der Waals surface area contributed by atoms with Gasteiger partial charge >= 0.3 is 5.97 Å². The Kier molecular flexibility index (Phi) is 6.02. The quantitative estimate of drug-likeness (QED) is 0.831. The Morgan fingerprint density at radius 2 is 1.92 bits per heavy atom. The first-order valence-electron chi connectivity index (χ1n) is 8.86. The first-order chi connectivity index (χ1) is 12.6. The van der Waals surface area contributed by atoms with Crippen molar-refractivity contribution in [1.29, 1.82) is 0 Å². The molecule has 1 saturated heterocycles. The zero-order valence-electron chi connectivity index (χ0n) is 14.6. The first-order valence-corrected chi connectivity index (χ1v) is 8.86. The fourth-order valence-electron chi connectivity index (χ4n) is 3.23. The van der Waals surface area contributed by atoms with Crippen molar-refractivity contribution < 1.29 is 19.4 Å². The Morgan fingerprint density at radius 1 is 1.12 bits per heavy atom. The molecule has 5 nitrogen and oxygen atoms in total. The predicted molar refractivity (Wildman–Crippen MR) is 98.3 cm³/mol. The summed E-state index contributed by atoms with van der Waals surface area (Å²) in [7, 11) is 0. The standard InChI is InChI=1S/C21H23NO4/c23-20(24)14-22(11-9-16-5-2-1-3-6-16)21(25)18-8-4-7-17(13-18)19-10-12-26-15-19/h1-8,13,19H,9-12,14-15H2,(H,23,24). The summed E-state index contributed by atoms with van der Waals surface area (Å²) in [5, 5.41) is 9.19. The van der Waals surface area contributed by atoms with E-state index in [9.17, 15) is 14.7 Å². The number of benzene rings is 2. The minimum atomic E-state index is -1.01. The number of ether oxygens (including phenoxy) is 1. The number of nitrogens with zero attached hydrogens (tertiary/aromatic N) is 1. The van der Waals surface area contributed by atoms with Gasteiger partial charge in [0.05, 0.1) is 6.61 Å². The number of rotatable bonds is 7. The van der Waals surface area contributed by atoms with Crippen LogP contribution in [0.15, 0.2) is 54.6 Å².